The number of benzene rings is 1. The van der Waals surface area contributed by atoms with Crippen LogP contribution in [0, 0.1) is 5.92 Å². The monoisotopic (exact) mass is 442 g/mol. The van der Waals surface area contributed by atoms with Crippen molar-refractivity contribution in [2.24, 2.45) is 5.92 Å². The molecule has 1 unspecified atom stereocenters. The molecule has 1 heterocycles. The first-order valence-electron chi connectivity index (χ1n) is 9.37. The van der Waals surface area contributed by atoms with Gasteiger partial charge in [0.1, 0.15) is 0 Å². The molecule has 2 amide bonds. The van der Waals surface area contributed by atoms with Crippen LogP contribution in [0.3, 0.4) is 0 Å². The van der Waals surface area contributed by atoms with Crippen molar-refractivity contribution in [1.82, 2.24) is 10.6 Å². The second-order valence-electron chi connectivity index (χ2n) is 8.02. The normalized spacial score (nSPS) is 16.9. The van der Waals surface area contributed by atoms with Gasteiger partial charge in [0.25, 0.3) is 11.9 Å². The number of hydrogen-bond donors (Lipinski definition) is 2. The summed E-state index contributed by atoms with van der Waals surface area (Å²) in [5.41, 5.74) is -0.505. The molecule has 1 aromatic carbocycles. The molecule has 0 aromatic heterocycles. The highest BCUT2D eigenvalue weighted by Crippen LogP contribution is 2.25. The minimum Gasteiger partial charge on any atom is -0.508 e. The summed E-state index contributed by atoms with van der Waals surface area (Å²) >= 11 is 11.9. The van der Waals surface area contributed by atoms with Crippen LogP contribution < -0.4 is 10.6 Å². The maximum Gasteiger partial charge on any atom is 0.551 e. The van der Waals surface area contributed by atoms with Crippen molar-refractivity contribution in [2.45, 2.75) is 52.1 Å². The molecule has 2 rings (SSSR count). The number of nitrogens with one attached hydrogen (secondary N) is 2. The standard InChI is InChI=1S/C19H25BCl2N2O5/c1-11(2)7-15(20-28-17(26)9-19(3,4)29-20)24-16(25)10-23-18(27)13-8-12(21)5-6-14(13)22/h5-6,8,11,15H,7,9-10H2,1-4H3,(H,23,27)(H,24,25). The number of halogens is 2. The Labute approximate surface area is 180 Å². The van der Waals surface area contributed by atoms with E-state index in [4.69, 9.17) is 32.5 Å². The molecule has 29 heavy (non-hydrogen) atoms. The largest absolute Gasteiger partial charge is 0.551 e. The van der Waals surface area contributed by atoms with Gasteiger partial charge in [0.2, 0.25) is 5.91 Å². The quantitative estimate of drug-likeness (QED) is 0.633. The van der Waals surface area contributed by atoms with Crippen molar-refractivity contribution < 1.29 is 23.7 Å². The number of amides is 2. The Hall–Kier alpha value is -1.77. The molecule has 0 aliphatic carbocycles. The van der Waals surface area contributed by atoms with E-state index >= 15 is 0 Å². The first-order valence-corrected chi connectivity index (χ1v) is 10.1. The number of carbonyl (C=O) groups is 3. The molecule has 0 saturated carbocycles. The summed E-state index contributed by atoms with van der Waals surface area (Å²) in [6.45, 7) is 7.28. The van der Waals surface area contributed by atoms with E-state index in [1.807, 2.05) is 13.8 Å². The number of rotatable bonds is 7. The highest BCUT2D eigenvalue weighted by Gasteiger charge is 2.45. The maximum atomic E-state index is 12.4. The second kappa shape index (κ2) is 9.83. The van der Waals surface area contributed by atoms with Crippen molar-refractivity contribution >= 4 is 48.1 Å². The fourth-order valence-corrected chi connectivity index (χ4v) is 3.37. The molecule has 1 aliphatic heterocycles. The number of carbonyl (C=O) groups excluding carboxylic acids is 3. The van der Waals surface area contributed by atoms with E-state index in [1.54, 1.807) is 19.9 Å². The zero-order valence-electron chi connectivity index (χ0n) is 16.9. The Balaban J connectivity index is 2.00. The third-order valence-corrected chi connectivity index (χ3v) is 4.80. The molecule has 10 heteroatoms. The van der Waals surface area contributed by atoms with Crippen LogP contribution in [0.2, 0.25) is 10.0 Å². The van der Waals surface area contributed by atoms with E-state index in [2.05, 4.69) is 10.6 Å². The molecular weight excluding hydrogens is 418 g/mol. The molecule has 0 radical (unpaired) electrons. The summed E-state index contributed by atoms with van der Waals surface area (Å²) < 4.78 is 11.2. The molecule has 7 nitrogen and oxygen atoms in total. The Morgan fingerprint density at radius 1 is 1.28 bits per heavy atom. The smallest absolute Gasteiger partial charge is 0.508 e. The van der Waals surface area contributed by atoms with Crippen LogP contribution in [0.1, 0.15) is 50.9 Å². The third-order valence-electron chi connectivity index (χ3n) is 4.24. The van der Waals surface area contributed by atoms with Gasteiger partial charge in [-0.3, -0.25) is 14.4 Å². The fraction of sp³-hybridized carbons (Fsp3) is 0.526. The average Bonchev–Trinajstić information content (AvgIpc) is 2.59. The van der Waals surface area contributed by atoms with Crippen molar-refractivity contribution in [3.05, 3.63) is 33.8 Å². The van der Waals surface area contributed by atoms with E-state index in [-0.39, 0.29) is 35.4 Å². The molecule has 0 bridgehead atoms. The van der Waals surface area contributed by atoms with Gasteiger partial charge in [-0.1, -0.05) is 37.0 Å². The average molecular weight is 443 g/mol. The predicted molar refractivity (Wildman–Crippen MR) is 112 cm³/mol. The molecule has 1 aromatic rings. The lowest BCUT2D eigenvalue weighted by molar-refractivity contribution is -0.147. The Morgan fingerprint density at radius 2 is 1.97 bits per heavy atom. The van der Waals surface area contributed by atoms with Crippen molar-refractivity contribution in [3.8, 4) is 0 Å². The Morgan fingerprint density at radius 3 is 2.59 bits per heavy atom. The van der Waals surface area contributed by atoms with Gasteiger partial charge in [-0.2, -0.15) is 0 Å². The molecule has 2 N–H and O–H groups in total. The maximum absolute atomic E-state index is 12.4. The van der Waals surface area contributed by atoms with Gasteiger partial charge in [-0.25, -0.2) is 0 Å². The van der Waals surface area contributed by atoms with Gasteiger partial charge in [0.05, 0.1) is 35.1 Å². The van der Waals surface area contributed by atoms with E-state index < -0.39 is 30.5 Å². The molecule has 1 atom stereocenters. The zero-order valence-corrected chi connectivity index (χ0v) is 18.4. The van der Waals surface area contributed by atoms with Crippen LogP contribution in [0.15, 0.2) is 18.2 Å². The molecule has 158 valence electrons. The molecule has 1 aliphatic rings. The minimum absolute atomic E-state index is 0.141. The summed E-state index contributed by atoms with van der Waals surface area (Å²) in [5.74, 6) is -1.66. The highest BCUT2D eigenvalue weighted by atomic mass is 35.5. The third kappa shape index (κ3) is 7.21. The van der Waals surface area contributed by atoms with Gasteiger partial charge < -0.3 is 19.9 Å². The molecule has 1 fully saturated rings. The fourth-order valence-electron chi connectivity index (χ4n) is 2.99. The summed E-state index contributed by atoms with van der Waals surface area (Å²) in [6.07, 6.45) is 0.677. The summed E-state index contributed by atoms with van der Waals surface area (Å²) in [5, 5.41) is 5.90. The van der Waals surface area contributed by atoms with Gasteiger partial charge >= 0.3 is 7.12 Å². The number of hydrogen-bond acceptors (Lipinski definition) is 5. The first kappa shape index (κ1) is 23.5. The van der Waals surface area contributed by atoms with Gasteiger partial charge in [-0.15, -0.1) is 0 Å². The van der Waals surface area contributed by atoms with Gasteiger partial charge in [0, 0.05) is 5.02 Å². The van der Waals surface area contributed by atoms with Crippen LogP contribution in [0.5, 0.6) is 0 Å². The van der Waals surface area contributed by atoms with Gasteiger partial charge in [0.15, 0.2) is 0 Å². The van der Waals surface area contributed by atoms with Gasteiger partial charge in [-0.05, 0) is 44.4 Å². The van der Waals surface area contributed by atoms with E-state index in [0.717, 1.165) is 0 Å². The predicted octanol–water partition coefficient (Wildman–Crippen LogP) is 3.02. The lowest BCUT2D eigenvalue weighted by atomic mass is 9.71. The topological polar surface area (TPSA) is 93.7 Å². The van der Waals surface area contributed by atoms with Crippen LogP contribution in [-0.2, 0) is 18.9 Å². The Kier molecular flexibility index (Phi) is 7.97. The zero-order chi connectivity index (χ0) is 21.8. The summed E-state index contributed by atoms with van der Waals surface area (Å²) in [4.78, 5) is 36.6. The highest BCUT2D eigenvalue weighted by molar-refractivity contribution is 6.49. The van der Waals surface area contributed by atoms with Crippen molar-refractivity contribution in [1.29, 1.82) is 0 Å². The Bertz CT molecular complexity index is 788. The van der Waals surface area contributed by atoms with Crippen molar-refractivity contribution in [3.63, 3.8) is 0 Å². The van der Waals surface area contributed by atoms with Crippen LogP contribution in [0.25, 0.3) is 0 Å². The minimum atomic E-state index is -0.893. The summed E-state index contributed by atoms with van der Waals surface area (Å²) in [6, 6.07) is 4.50. The first-order chi connectivity index (χ1) is 13.5. The van der Waals surface area contributed by atoms with Crippen LogP contribution in [0.4, 0.5) is 0 Å². The summed E-state index contributed by atoms with van der Waals surface area (Å²) in [7, 11) is -0.893. The molecule has 1 saturated heterocycles. The second-order valence-corrected chi connectivity index (χ2v) is 8.87. The van der Waals surface area contributed by atoms with E-state index in [1.165, 1.54) is 12.1 Å². The lowest BCUT2D eigenvalue weighted by Crippen LogP contribution is -2.57. The van der Waals surface area contributed by atoms with E-state index in [0.29, 0.717) is 11.4 Å². The lowest BCUT2D eigenvalue weighted by Gasteiger charge is -2.36. The molecule has 0 spiro atoms. The molecular formula is C19H25BCl2N2O5. The van der Waals surface area contributed by atoms with Crippen LogP contribution in [-0.4, -0.2) is 43.0 Å². The van der Waals surface area contributed by atoms with Crippen molar-refractivity contribution in [2.75, 3.05) is 6.54 Å². The van der Waals surface area contributed by atoms with E-state index in [9.17, 15) is 14.4 Å². The van der Waals surface area contributed by atoms with Crippen LogP contribution >= 0.6 is 23.2 Å². The SMILES string of the molecule is CC(C)CC(NC(=O)CNC(=O)c1cc(Cl)ccc1Cl)B1OC(=O)CC(C)(C)O1.